The number of esters is 1. The van der Waals surface area contributed by atoms with Crippen LogP contribution in [0.25, 0.3) is 0 Å². The van der Waals surface area contributed by atoms with Gasteiger partial charge in [-0.2, -0.15) is 5.01 Å². The molecule has 1 saturated heterocycles. The van der Waals surface area contributed by atoms with Crippen LogP contribution in [0, 0.1) is 23.7 Å². The highest BCUT2D eigenvalue weighted by Crippen LogP contribution is 2.52. The lowest BCUT2D eigenvalue weighted by atomic mass is 9.85. The number of carbonyl (C=O) groups excluding carboxylic acids is 5. The van der Waals surface area contributed by atoms with Crippen LogP contribution in [-0.2, 0) is 9.59 Å². The second-order valence-electron chi connectivity index (χ2n) is 10.4. The monoisotopic (exact) mass is 656 g/mol. The number of halogens is 4. The first-order valence-corrected chi connectivity index (χ1v) is 14.7. The number of benzene rings is 3. The Morgan fingerprint density at radius 3 is 2.00 bits per heavy atom. The molecule has 0 radical (unpaired) electrons. The molecular weight excluding hydrogens is 638 g/mol. The molecule has 2 aliphatic carbocycles. The van der Waals surface area contributed by atoms with E-state index in [2.05, 4.69) is 0 Å². The molecule has 1 heterocycles. The van der Waals surface area contributed by atoms with Crippen LogP contribution in [0.4, 0.5) is 0 Å². The van der Waals surface area contributed by atoms with Gasteiger partial charge in [0.05, 0.1) is 32.5 Å². The number of fused-ring (bicyclic) bond motifs is 5. The number of amides is 3. The molecule has 3 aromatic carbocycles. The van der Waals surface area contributed by atoms with Crippen LogP contribution in [0.15, 0.2) is 72.8 Å². The first-order chi connectivity index (χ1) is 20.5. The third-order valence-electron chi connectivity index (χ3n) is 7.92. The Morgan fingerprint density at radius 1 is 0.767 bits per heavy atom. The molecule has 4 atom stereocenters. The number of Topliss-reactive ketones (excluding diaryl/α,β-unsaturated/α-hetero) is 1. The normalized spacial score (nSPS) is 21.7. The second kappa shape index (κ2) is 11.4. The van der Waals surface area contributed by atoms with Gasteiger partial charge in [-0.05, 0) is 78.9 Å². The van der Waals surface area contributed by atoms with Crippen molar-refractivity contribution in [1.82, 2.24) is 10.0 Å². The van der Waals surface area contributed by atoms with Gasteiger partial charge in [0.2, 0.25) is 0 Å². The molecule has 0 aromatic heterocycles. The zero-order chi connectivity index (χ0) is 30.6. The minimum absolute atomic E-state index is 0.0454. The average molecular weight is 658 g/mol. The summed E-state index contributed by atoms with van der Waals surface area (Å²) in [7, 11) is 0. The topological polar surface area (TPSA) is 101 Å². The molecule has 0 spiro atoms. The van der Waals surface area contributed by atoms with Gasteiger partial charge in [0.25, 0.3) is 17.7 Å². The Bertz CT molecular complexity index is 1710. The average Bonchev–Trinajstić information content (AvgIpc) is 3.66. The van der Waals surface area contributed by atoms with Gasteiger partial charge in [0.1, 0.15) is 12.3 Å². The van der Waals surface area contributed by atoms with Crippen molar-refractivity contribution in [3.8, 4) is 5.75 Å². The Hall–Kier alpha value is -3.69. The number of hydrazine groups is 1. The van der Waals surface area contributed by atoms with Crippen LogP contribution in [0.2, 0.25) is 20.1 Å². The number of hydrogen-bond acceptors (Lipinski definition) is 6. The van der Waals surface area contributed by atoms with Crippen LogP contribution in [0.1, 0.15) is 37.5 Å². The molecule has 8 nitrogen and oxygen atoms in total. The molecule has 218 valence electrons. The number of imide groups is 1. The van der Waals surface area contributed by atoms with E-state index >= 15 is 0 Å². The molecule has 0 unspecified atom stereocenters. The second-order valence-corrected chi connectivity index (χ2v) is 12.1. The molecule has 6 rings (SSSR count). The maximum absolute atomic E-state index is 13.7. The minimum atomic E-state index is -0.765. The fourth-order valence-corrected chi connectivity index (χ4v) is 6.67. The van der Waals surface area contributed by atoms with Gasteiger partial charge >= 0.3 is 5.97 Å². The van der Waals surface area contributed by atoms with Crippen molar-refractivity contribution < 1.29 is 28.7 Å². The van der Waals surface area contributed by atoms with E-state index in [1.807, 2.05) is 12.2 Å². The van der Waals surface area contributed by atoms with Crippen molar-refractivity contribution in [2.45, 2.75) is 6.42 Å². The van der Waals surface area contributed by atoms with Crippen molar-refractivity contribution in [2.75, 3.05) is 6.54 Å². The van der Waals surface area contributed by atoms with E-state index in [0.29, 0.717) is 11.4 Å². The summed E-state index contributed by atoms with van der Waals surface area (Å²) in [6.45, 7) is -0.613. The number of nitrogens with zero attached hydrogens (tertiary/aromatic N) is 2. The number of ether oxygens (including phenoxy) is 1. The molecule has 3 amide bonds. The Kier molecular flexibility index (Phi) is 7.81. The highest BCUT2D eigenvalue weighted by molar-refractivity contribution is 6.42. The first kappa shape index (κ1) is 29.4. The molecule has 0 N–H and O–H groups in total. The quantitative estimate of drug-likeness (QED) is 0.0937. The Balaban J connectivity index is 1.24. The van der Waals surface area contributed by atoms with Gasteiger partial charge in [0, 0.05) is 16.1 Å². The Labute approximate surface area is 265 Å². The molecular formula is C31H20Cl4N2O6. The minimum Gasteiger partial charge on any atom is -0.423 e. The van der Waals surface area contributed by atoms with E-state index < -0.39 is 47.9 Å². The lowest BCUT2D eigenvalue weighted by Crippen LogP contribution is -2.52. The number of rotatable bonds is 7. The van der Waals surface area contributed by atoms with Gasteiger partial charge in [-0.1, -0.05) is 58.6 Å². The SMILES string of the molecule is O=C(CN(C(=O)c1ccc(Cl)c(Cl)c1)N1C(=O)[C@@H]2[C@@H](C1=O)[C@H]1C=C[C@H]2C1)c1ccc(OC(=O)c2ccc(Cl)cc2Cl)cc1. The van der Waals surface area contributed by atoms with E-state index in [4.69, 9.17) is 51.1 Å². The van der Waals surface area contributed by atoms with Crippen LogP contribution in [-0.4, -0.2) is 46.0 Å². The fourth-order valence-electron chi connectivity index (χ4n) is 5.89. The first-order valence-electron chi connectivity index (χ1n) is 13.2. The van der Waals surface area contributed by atoms with Crippen LogP contribution in [0.3, 0.4) is 0 Å². The standard InChI is InChI=1S/C31H20Cl4N2O6/c32-19-6-9-21(23(34)13-19)31(42)43-20-7-3-15(4-8-20)25(38)14-36(28(39)18-5-10-22(33)24(35)12-18)37-29(40)26-16-1-2-17(11-16)27(26)30(37)41/h1-10,12-13,16-17,26-27H,11,14H2/t16-,17-,26-,27-/m0/s1. The molecule has 3 aromatic rings. The number of allylic oxidation sites excluding steroid dienone is 2. The van der Waals surface area contributed by atoms with E-state index in [1.165, 1.54) is 60.7 Å². The number of ketones is 1. The third-order valence-corrected chi connectivity index (χ3v) is 9.21. The van der Waals surface area contributed by atoms with Crippen molar-refractivity contribution >= 4 is 75.9 Å². The van der Waals surface area contributed by atoms with Crippen LogP contribution < -0.4 is 4.74 Å². The summed E-state index contributed by atoms with van der Waals surface area (Å²) in [5, 5.41) is 2.49. The maximum Gasteiger partial charge on any atom is 0.345 e. The van der Waals surface area contributed by atoms with Crippen molar-refractivity contribution in [1.29, 1.82) is 0 Å². The third kappa shape index (κ3) is 5.33. The lowest BCUT2D eigenvalue weighted by molar-refractivity contribution is -0.154. The highest BCUT2D eigenvalue weighted by atomic mass is 35.5. The predicted octanol–water partition coefficient (Wildman–Crippen LogP) is 6.57. The van der Waals surface area contributed by atoms with Crippen LogP contribution in [0.5, 0.6) is 5.75 Å². The largest absolute Gasteiger partial charge is 0.423 e. The number of hydrogen-bond donors (Lipinski definition) is 0. The molecule has 12 heteroatoms. The van der Waals surface area contributed by atoms with E-state index in [-0.39, 0.29) is 49.3 Å². The van der Waals surface area contributed by atoms with Gasteiger partial charge < -0.3 is 4.74 Å². The van der Waals surface area contributed by atoms with Crippen LogP contribution >= 0.6 is 46.4 Å². The summed E-state index contributed by atoms with van der Waals surface area (Å²) < 4.78 is 5.36. The van der Waals surface area contributed by atoms with Crippen molar-refractivity contribution in [3.05, 3.63) is 110 Å². The molecule has 43 heavy (non-hydrogen) atoms. The fraction of sp³-hybridized carbons (Fsp3) is 0.194. The summed E-state index contributed by atoms with van der Waals surface area (Å²) in [4.78, 5) is 66.9. The zero-order valence-corrected chi connectivity index (χ0v) is 25.0. The summed E-state index contributed by atoms with van der Waals surface area (Å²) >= 11 is 24.1. The van der Waals surface area contributed by atoms with E-state index in [9.17, 15) is 24.0 Å². The molecule has 1 saturated carbocycles. The molecule has 2 bridgehead atoms. The van der Waals surface area contributed by atoms with Crippen molar-refractivity contribution in [2.24, 2.45) is 23.7 Å². The Morgan fingerprint density at radius 2 is 1.40 bits per heavy atom. The van der Waals surface area contributed by atoms with Gasteiger partial charge in [-0.3, -0.25) is 19.2 Å². The predicted molar refractivity (Wildman–Crippen MR) is 159 cm³/mol. The lowest BCUT2D eigenvalue weighted by Gasteiger charge is -2.31. The summed E-state index contributed by atoms with van der Waals surface area (Å²) in [6.07, 6.45) is 4.58. The number of carbonyl (C=O) groups is 5. The summed E-state index contributed by atoms with van der Waals surface area (Å²) in [6, 6.07) is 14.1. The van der Waals surface area contributed by atoms with E-state index in [0.717, 1.165) is 10.0 Å². The van der Waals surface area contributed by atoms with E-state index in [1.54, 1.807) is 0 Å². The molecule has 3 aliphatic rings. The highest BCUT2D eigenvalue weighted by Gasteiger charge is 2.61. The maximum atomic E-state index is 13.7. The summed E-state index contributed by atoms with van der Waals surface area (Å²) in [5.74, 6) is -4.29. The summed E-state index contributed by atoms with van der Waals surface area (Å²) in [5.41, 5.74) is 0.303. The zero-order valence-electron chi connectivity index (χ0n) is 22.0. The molecule has 2 fully saturated rings. The van der Waals surface area contributed by atoms with Gasteiger partial charge in [0.15, 0.2) is 5.78 Å². The smallest absolute Gasteiger partial charge is 0.345 e. The molecule has 1 aliphatic heterocycles. The van der Waals surface area contributed by atoms with Gasteiger partial charge in [-0.15, -0.1) is 0 Å². The van der Waals surface area contributed by atoms with Gasteiger partial charge in [-0.25, -0.2) is 9.80 Å². The van der Waals surface area contributed by atoms with Crippen molar-refractivity contribution in [3.63, 3.8) is 0 Å².